The molecule has 0 saturated heterocycles. The zero-order chi connectivity index (χ0) is 21.3. The SMILES string of the molecule is Fc1ccc(NC(=S)Nc2ccn(Cc3c(F)c(F)c(F)c(F)c3F)n2)cc1Cl. The van der Waals surface area contributed by atoms with Gasteiger partial charge in [-0.3, -0.25) is 4.68 Å². The second kappa shape index (κ2) is 8.29. The summed E-state index contributed by atoms with van der Waals surface area (Å²) in [5.41, 5.74) is -0.646. The topological polar surface area (TPSA) is 41.9 Å². The maximum atomic E-state index is 13.8. The lowest BCUT2D eigenvalue weighted by Crippen LogP contribution is -2.19. The number of rotatable bonds is 4. The fourth-order valence-electron chi connectivity index (χ4n) is 2.32. The van der Waals surface area contributed by atoms with Crippen molar-refractivity contribution >= 4 is 40.4 Å². The molecular weight excluding hydrogens is 442 g/mol. The standard InChI is InChI=1S/C17H9ClF6N4S/c18-9-5-7(1-2-10(9)19)25-17(29)26-11-3-4-28(27-11)6-8-12(20)14(22)16(24)15(23)13(8)21/h1-5H,6H2,(H2,25,26,27,29). The number of nitrogens with zero attached hydrogens (tertiary/aromatic N) is 2. The highest BCUT2D eigenvalue weighted by Gasteiger charge is 2.25. The molecule has 3 rings (SSSR count). The Morgan fingerprint density at radius 1 is 0.931 bits per heavy atom. The van der Waals surface area contributed by atoms with E-state index in [1.807, 2.05) is 0 Å². The average Bonchev–Trinajstić information content (AvgIpc) is 3.11. The van der Waals surface area contributed by atoms with Crippen LogP contribution in [0.5, 0.6) is 0 Å². The van der Waals surface area contributed by atoms with Crippen LogP contribution in [0.2, 0.25) is 5.02 Å². The van der Waals surface area contributed by atoms with Gasteiger partial charge in [0.05, 0.1) is 17.1 Å². The summed E-state index contributed by atoms with van der Waals surface area (Å²) in [5.74, 6) is -10.7. The molecule has 0 aliphatic carbocycles. The van der Waals surface area contributed by atoms with E-state index in [2.05, 4.69) is 15.7 Å². The fraction of sp³-hybridized carbons (Fsp3) is 0.0588. The molecule has 1 heterocycles. The Balaban J connectivity index is 1.71. The van der Waals surface area contributed by atoms with Gasteiger partial charge < -0.3 is 10.6 Å². The van der Waals surface area contributed by atoms with Crippen LogP contribution in [0, 0.1) is 34.9 Å². The van der Waals surface area contributed by atoms with Gasteiger partial charge in [0.2, 0.25) is 5.82 Å². The summed E-state index contributed by atoms with van der Waals surface area (Å²) in [4.78, 5) is 0. The van der Waals surface area contributed by atoms with Crippen LogP contribution in [0.3, 0.4) is 0 Å². The first kappa shape index (κ1) is 20.9. The minimum atomic E-state index is -2.23. The Bertz CT molecular complexity index is 1070. The number of benzene rings is 2. The summed E-state index contributed by atoms with van der Waals surface area (Å²) in [7, 11) is 0. The second-order valence-corrected chi connectivity index (χ2v) is 6.47. The summed E-state index contributed by atoms with van der Waals surface area (Å²) in [6.07, 6.45) is 1.25. The van der Waals surface area contributed by atoms with Gasteiger partial charge in [0.1, 0.15) is 5.82 Å². The van der Waals surface area contributed by atoms with Crippen molar-refractivity contribution in [2.24, 2.45) is 0 Å². The van der Waals surface area contributed by atoms with Gasteiger partial charge in [-0.25, -0.2) is 26.3 Å². The smallest absolute Gasteiger partial charge is 0.200 e. The molecule has 3 aromatic rings. The lowest BCUT2D eigenvalue weighted by atomic mass is 10.1. The minimum Gasteiger partial charge on any atom is -0.332 e. The molecule has 4 nitrogen and oxygen atoms in total. The predicted octanol–water partition coefficient (Wildman–Crippen LogP) is 5.23. The number of hydrogen-bond acceptors (Lipinski definition) is 2. The molecule has 0 amide bonds. The number of nitrogens with one attached hydrogen (secondary N) is 2. The van der Waals surface area contributed by atoms with Gasteiger partial charge in [0, 0.05) is 18.0 Å². The Hall–Kier alpha value is -2.79. The molecule has 0 fully saturated rings. The van der Waals surface area contributed by atoms with Crippen LogP contribution < -0.4 is 10.6 Å². The molecule has 1 aromatic heterocycles. The highest BCUT2D eigenvalue weighted by atomic mass is 35.5. The summed E-state index contributed by atoms with van der Waals surface area (Å²) in [5, 5.41) is 9.18. The molecular formula is C17H9ClF6N4S. The van der Waals surface area contributed by atoms with Crippen LogP contribution in [-0.2, 0) is 6.54 Å². The highest BCUT2D eigenvalue weighted by molar-refractivity contribution is 7.80. The minimum absolute atomic E-state index is 0.0363. The molecule has 0 spiro atoms. The van der Waals surface area contributed by atoms with Crippen LogP contribution >= 0.6 is 23.8 Å². The first-order chi connectivity index (χ1) is 13.7. The van der Waals surface area contributed by atoms with Gasteiger partial charge in [0.15, 0.2) is 34.2 Å². The molecule has 0 unspecified atom stereocenters. The summed E-state index contributed by atoms with van der Waals surface area (Å²) >= 11 is 10.7. The maximum absolute atomic E-state index is 13.8. The van der Waals surface area contributed by atoms with Gasteiger partial charge in [-0.1, -0.05) is 11.6 Å². The quantitative estimate of drug-likeness (QED) is 0.247. The molecule has 29 heavy (non-hydrogen) atoms. The van der Waals surface area contributed by atoms with Crippen molar-refractivity contribution in [3.8, 4) is 0 Å². The molecule has 12 heteroatoms. The van der Waals surface area contributed by atoms with Crippen molar-refractivity contribution in [2.45, 2.75) is 6.54 Å². The normalized spacial score (nSPS) is 10.9. The van der Waals surface area contributed by atoms with E-state index in [0.29, 0.717) is 5.69 Å². The summed E-state index contributed by atoms with van der Waals surface area (Å²) < 4.78 is 81.3. The Morgan fingerprint density at radius 2 is 1.55 bits per heavy atom. The number of halogens is 7. The molecule has 2 aromatic carbocycles. The lowest BCUT2D eigenvalue weighted by molar-refractivity contribution is 0.367. The van der Waals surface area contributed by atoms with Gasteiger partial charge in [0.25, 0.3) is 0 Å². The van der Waals surface area contributed by atoms with Gasteiger partial charge in [-0.15, -0.1) is 0 Å². The Labute approximate surface area is 170 Å². The Kier molecular flexibility index (Phi) is 5.99. The van der Waals surface area contributed by atoms with Crippen molar-refractivity contribution in [3.63, 3.8) is 0 Å². The summed E-state index contributed by atoms with van der Waals surface area (Å²) in [6, 6.07) is 5.17. The van der Waals surface area contributed by atoms with Crippen molar-refractivity contribution in [3.05, 3.63) is 76.0 Å². The third kappa shape index (κ3) is 4.46. The molecule has 0 atom stereocenters. The molecule has 0 saturated carbocycles. The van der Waals surface area contributed by atoms with Crippen LogP contribution in [0.15, 0.2) is 30.5 Å². The molecule has 152 valence electrons. The van der Waals surface area contributed by atoms with Crippen molar-refractivity contribution < 1.29 is 26.3 Å². The largest absolute Gasteiger partial charge is 0.332 e. The van der Waals surface area contributed by atoms with E-state index in [4.69, 9.17) is 23.8 Å². The fourth-order valence-corrected chi connectivity index (χ4v) is 2.72. The maximum Gasteiger partial charge on any atom is 0.200 e. The van der Waals surface area contributed by atoms with Crippen LogP contribution in [0.25, 0.3) is 0 Å². The van der Waals surface area contributed by atoms with Gasteiger partial charge in [-0.05, 0) is 30.4 Å². The number of thiocarbonyl (C=S) groups is 1. The number of aromatic nitrogens is 2. The van der Waals surface area contributed by atoms with E-state index in [1.54, 1.807) is 0 Å². The monoisotopic (exact) mass is 450 g/mol. The van der Waals surface area contributed by atoms with E-state index in [9.17, 15) is 26.3 Å². The van der Waals surface area contributed by atoms with E-state index in [-0.39, 0.29) is 16.0 Å². The molecule has 0 aliphatic rings. The van der Waals surface area contributed by atoms with Crippen molar-refractivity contribution in [2.75, 3.05) is 10.6 Å². The van der Waals surface area contributed by atoms with Gasteiger partial charge >= 0.3 is 0 Å². The van der Waals surface area contributed by atoms with E-state index >= 15 is 0 Å². The molecule has 0 bridgehead atoms. The van der Waals surface area contributed by atoms with E-state index < -0.39 is 47.0 Å². The van der Waals surface area contributed by atoms with Gasteiger partial charge in [-0.2, -0.15) is 5.10 Å². The van der Waals surface area contributed by atoms with E-state index in [0.717, 1.165) is 10.7 Å². The first-order valence-corrected chi connectivity index (χ1v) is 8.52. The zero-order valence-corrected chi connectivity index (χ0v) is 15.6. The lowest BCUT2D eigenvalue weighted by Gasteiger charge is -2.10. The average molecular weight is 451 g/mol. The van der Waals surface area contributed by atoms with E-state index in [1.165, 1.54) is 24.4 Å². The number of anilines is 2. The van der Waals surface area contributed by atoms with Crippen molar-refractivity contribution in [1.29, 1.82) is 0 Å². The number of hydrogen-bond donors (Lipinski definition) is 2. The highest BCUT2D eigenvalue weighted by Crippen LogP contribution is 2.24. The van der Waals surface area contributed by atoms with Crippen LogP contribution in [0.4, 0.5) is 37.8 Å². The van der Waals surface area contributed by atoms with Crippen LogP contribution in [0.1, 0.15) is 5.56 Å². The molecule has 2 N–H and O–H groups in total. The van der Waals surface area contributed by atoms with Crippen LogP contribution in [-0.4, -0.2) is 14.9 Å². The third-order valence-corrected chi connectivity index (χ3v) is 4.17. The first-order valence-electron chi connectivity index (χ1n) is 7.74. The molecule has 0 radical (unpaired) electrons. The Morgan fingerprint density at radius 3 is 2.17 bits per heavy atom. The zero-order valence-electron chi connectivity index (χ0n) is 14.0. The van der Waals surface area contributed by atoms with Crippen molar-refractivity contribution in [1.82, 2.24) is 9.78 Å². The third-order valence-electron chi connectivity index (χ3n) is 3.68. The predicted molar refractivity (Wildman–Crippen MR) is 98.8 cm³/mol. The molecule has 0 aliphatic heterocycles. The summed E-state index contributed by atoms with van der Waals surface area (Å²) in [6.45, 7) is -0.707. The second-order valence-electron chi connectivity index (χ2n) is 5.66.